The number of benzene rings is 1. The van der Waals surface area contributed by atoms with E-state index in [1.54, 1.807) is 59.1 Å². The molecular weight excluding hydrogens is 408 g/mol. The highest BCUT2D eigenvalue weighted by Gasteiger charge is 2.62. The van der Waals surface area contributed by atoms with Gasteiger partial charge in [0.05, 0.1) is 13.7 Å². The summed E-state index contributed by atoms with van der Waals surface area (Å²) in [5, 5.41) is 5.31. The molecule has 0 bridgehead atoms. The van der Waals surface area contributed by atoms with Gasteiger partial charge in [0.2, 0.25) is 5.91 Å². The summed E-state index contributed by atoms with van der Waals surface area (Å²) in [5.41, 5.74) is 0.588. The average molecular weight is 436 g/mol. The third-order valence-electron chi connectivity index (χ3n) is 5.21. The maximum absolute atomic E-state index is 12.9. The van der Waals surface area contributed by atoms with Crippen molar-refractivity contribution in [3.8, 4) is 5.75 Å². The van der Waals surface area contributed by atoms with Crippen LogP contribution in [-0.2, 0) is 33.3 Å². The van der Waals surface area contributed by atoms with E-state index < -0.39 is 48.2 Å². The first kappa shape index (κ1) is 22.0. The van der Waals surface area contributed by atoms with Gasteiger partial charge in [0.25, 0.3) is 5.91 Å². The smallest absolute Gasteiger partial charge is 0.252 e. The van der Waals surface area contributed by atoms with E-state index in [0.29, 0.717) is 11.4 Å². The number of fused-ring (bicyclic) bond motifs is 3. The first-order valence-electron chi connectivity index (χ1n) is 10.2. The van der Waals surface area contributed by atoms with Crippen molar-refractivity contribution in [3.05, 3.63) is 24.3 Å². The van der Waals surface area contributed by atoms with E-state index in [9.17, 15) is 9.59 Å². The summed E-state index contributed by atoms with van der Waals surface area (Å²) >= 11 is 0. The molecule has 170 valence electrons. The molecule has 10 heteroatoms. The Bertz CT molecular complexity index is 840. The number of carbonyl (C=O) groups excluding carboxylic acids is 2. The Kier molecular flexibility index (Phi) is 5.69. The van der Waals surface area contributed by atoms with Gasteiger partial charge in [0.15, 0.2) is 24.0 Å². The predicted octanol–water partition coefficient (Wildman–Crippen LogP) is 1.15. The molecule has 31 heavy (non-hydrogen) atoms. The molecule has 3 aliphatic rings. The molecule has 0 unspecified atom stereocenters. The van der Waals surface area contributed by atoms with E-state index in [-0.39, 0.29) is 12.5 Å². The first-order valence-corrected chi connectivity index (χ1v) is 10.2. The maximum Gasteiger partial charge on any atom is 0.252 e. The number of methoxy groups -OCH3 is 1. The molecule has 4 rings (SSSR count). The molecule has 10 nitrogen and oxygen atoms in total. The summed E-state index contributed by atoms with van der Waals surface area (Å²) in [6, 6.07) is 6.87. The van der Waals surface area contributed by atoms with Crippen LogP contribution in [0.25, 0.3) is 0 Å². The molecular formula is C21H28N2O8. The summed E-state index contributed by atoms with van der Waals surface area (Å²) in [7, 11) is 1.56. The fourth-order valence-corrected chi connectivity index (χ4v) is 3.97. The number of amides is 2. The van der Waals surface area contributed by atoms with Gasteiger partial charge in [-0.1, -0.05) is 0 Å². The molecule has 1 aromatic rings. The fourth-order valence-electron chi connectivity index (χ4n) is 3.97. The Morgan fingerprint density at radius 2 is 1.55 bits per heavy atom. The molecule has 1 aromatic carbocycles. The van der Waals surface area contributed by atoms with Gasteiger partial charge in [-0.25, -0.2) is 0 Å². The number of ether oxygens (including phenoxy) is 6. The van der Waals surface area contributed by atoms with Crippen molar-refractivity contribution in [2.75, 3.05) is 19.0 Å². The lowest BCUT2D eigenvalue weighted by Gasteiger charge is -2.36. The van der Waals surface area contributed by atoms with Crippen LogP contribution < -0.4 is 15.4 Å². The van der Waals surface area contributed by atoms with Crippen molar-refractivity contribution in [2.24, 2.45) is 0 Å². The molecule has 0 spiro atoms. The zero-order valence-electron chi connectivity index (χ0n) is 18.2. The Hall–Kier alpha value is -2.24. The van der Waals surface area contributed by atoms with Crippen molar-refractivity contribution in [2.45, 2.75) is 70.0 Å². The largest absolute Gasteiger partial charge is 0.497 e. The third-order valence-corrected chi connectivity index (χ3v) is 5.21. The topological polar surface area (TPSA) is 114 Å². The Labute approximate surface area is 180 Å². The quantitative estimate of drug-likeness (QED) is 0.707. The maximum atomic E-state index is 12.9. The van der Waals surface area contributed by atoms with Crippen LogP contribution >= 0.6 is 0 Å². The van der Waals surface area contributed by atoms with E-state index in [4.69, 9.17) is 28.4 Å². The molecule has 3 aliphatic heterocycles. The molecule has 0 aromatic heterocycles. The predicted molar refractivity (Wildman–Crippen MR) is 107 cm³/mol. The van der Waals surface area contributed by atoms with Gasteiger partial charge in [-0.2, -0.15) is 0 Å². The second-order valence-electron chi connectivity index (χ2n) is 8.58. The lowest BCUT2D eigenvalue weighted by molar-refractivity contribution is -0.231. The first-order chi connectivity index (χ1) is 14.6. The van der Waals surface area contributed by atoms with Gasteiger partial charge < -0.3 is 39.1 Å². The third kappa shape index (κ3) is 4.68. The van der Waals surface area contributed by atoms with E-state index >= 15 is 0 Å². The second kappa shape index (κ2) is 8.03. The van der Waals surface area contributed by atoms with Crippen LogP contribution in [0.3, 0.4) is 0 Å². The standard InChI is InChI=1S/C21H28N2O8/c1-20(2)28-14-15(29-20)17-19(31-21(3,4)30-17)27-16(14)18(25)22-10-13(24)23-11-6-8-12(26-5)9-7-11/h6-9,14-17,19H,10H2,1-5H3,(H,22,25)(H,23,24)/t14-,15-,16+,17-,19+/m1/s1. The normalized spacial score (nSPS) is 32.6. The van der Waals surface area contributed by atoms with Crippen LogP contribution in [0.15, 0.2) is 24.3 Å². The van der Waals surface area contributed by atoms with Crippen LogP contribution in [-0.4, -0.2) is 67.7 Å². The minimum atomic E-state index is -1.01. The molecule has 2 amide bonds. The fraction of sp³-hybridized carbons (Fsp3) is 0.619. The van der Waals surface area contributed by atoms with Crippen LogP contribution in [0, 0.1) is 0 Å². The molecule has 0 aliphatic carbocycles. The minimum Gasteiger partial charge on any atom is -0.497 e. The van der Waals surface area contributed by atoms with Crippen LogP contribution in [0.5, 0.6) is 5.75 Å². The van der Waals surface area contributed by atoms with Crippen molar-refractivity contribution >= 4 is 17.5 Å². The van der Waals surface area contributed by atoms with E-state index in [1.807, 2.05) is 0 Å². The average Bonchev–Trinajstić information content (AvgIpc) is 3.19. The van der Waals surface area contributed by atoms with E-state index in [0.717, 1.165) is 0 Å². The molecule has 0 saturated carbocycles. The molecule has 0 radical (unpaired) electrons. The number of hydrogen-bond acceptors (Lipinski definition) is 8. The summed E-state index contributed by atoms with van der Waals surface area (Å²) < 4.78 is 34.6. The number of nitrogens with one attached hydrogen (secondary N) is 2. The van der Waals surface area contributed by atoms with Gasteiger partial charge in [-0.15, -0.1) is 0 Å². The Morgan fingerprint density at radius 1 is 0.935 bits per heavy atom. The lowest BCUT2D eigenvalue weighted by atomic mass is 9.98. The zero-order valence-corrected chi connectivity index (χ0v) is 18.2. The summed E-state index contributed by atoms with van der Waals surface area (Å²) in [4.78, 5) is 25.1. The van der Waals surface area contributed by atoms with Gasteiger partial charge in [-0.05, 0) is 52.0 Å². The van der Waals surface area contributed by atoms with E-state index in [1.165, 1.54) is 0 Å². The molecule has 3 saturated heterocycles. The van der Waals surface area contributed by atoms with Crippen molar-refractivity contribution in [1.82, 2.24) is 5.32 Å². The molecule has 3 heterocycles. The molecule has 3 fully saturated rings. The minimum absolute atomic E-state index is 0.233. The van der Waals surface area contributed by atoms with Crippen molar-refractivity contribution in [1.29, 1.82) is 0 Å². The van der Waals surface area contributed by atoms with Gasteiger partial charge in [-0.3, -0.25) is 9.59 Å². The number of anilines is 1. The Morgan fingerprint density at radius 3 is 2.23 bits per heavy atom. The van der Waals surface area contributed by atoms with Crippen LogP contribution in [0.2, 0.25) is 0 Å². The molecule has 5 atom stereocenters. The summed E-state index contributed by atoms with van der Waals surface area (Å²) in [5.74, 6) is -1.98. The highest BCUT2D eigenvalue weighted by atomic mass is 16.9. The van der Waals surface area contributed by atoms with Crippen LogP contribution in [0.1, 0.15) is 27.7 Å². The van der Waals surface area contributed by atoms with Crippen molar-refractivity contribution < 1.29 is 38.0 Å². The number of hydrogen-bond donors (Lipinski definition) is 2. The number of carbonyl (C=O) groups is 2. The molecule has 2 N–H and O–H groups in total. The lowest BCUT2D eigenvalue weighted by Crippen LogP contribution is -2.59. The zero-order chi connectivity index (χ0) is 22.4. The Balaban J connectivity index is 1.38. The van der Waals surface area contributed by atoms with Crippen LogP contribution in [0.4, 0.5) is 5.69 Å². The van der Waals surface area contributed by atoms with Gasteiger partial charge in [0.1, 0.15) is 24.1 Å². The number of rotatable bonds is 5. The summed E-state index contributed by atoms with van der Waals surface area (Å²) in [6.07, 6.45) is -3.56. The summed E-state index contributed by atoms with van der Waals surface area (Å²) in [6.45, 7) is 6.83. The van der Waals surface area contributed by atoms with Gasteiger partial charge in [0, 0.05) is 5.69 Å². The highest BCUT2D eigenvalue weighted by molar-refractivity contribution is 5.95. The second-order valence-corrected chi connectivity index (χ2v) is 8.58. The highest BCUT2D eigenvalue weighted by Crippen LogP contribution is 2.44. The monoisotopic (exact) mass is 436 g/mol. The van der Waals surface area contributed by atoms with Crippen molar-refractivity contribution in [3.63, 3.8) is 0 Å². The SMILES string of the molecule is COc1ccc(NC(=O)CNC(=O)[C@H]2O[C@H]3OC(C)(C)O[C@@H]3[C@@H]3OC(C)(C)O[C@H]32)cc1. The van der Waals surface area contributed by atoms with Gasteiger partial charge >= 0.3 is 0 Å². The van der Waals surface area contributed by atoms with E-state index in [2.05, 4.69) is 10.6 Å².